The molecule has 0 radical (unpaired) electrons. The topological polar surface area (TPSA) is 87.6 Å². The van der Waals surface area contributed by atoms with Gasteiger partial charge in [0.2, 0.25) is 5.91 Å². The van der Waals surface area contributed by atoms with Gasteiger partial charge in [-0.25, -0.2) is 8.42 Å². The molecular weight excluding hydrogens is 350 g/mol. The second kappa shape index (κ2) is 7.85. The Bertz CT molecular complexity index is 1000. The zero-order valence-electron chi connectivity index (χ0n) is 13.9. The van der Waals surface area contributed by atoms with Crippen LogP contribution in [0.3, 0.4) is 0 Å². The molecule has 6 nitrogen and oxygen atoms in total. The van der Waals surface area contributed by atoms with E-state index in [9.17, 15) is 13.2 Å². The highest BCUT2D eigenvalue weighted by molar-refractivity contribution is 7.90. The predicted octanol–water partition coefficient (Wildman–Crippen LogP) is 1.28. The minimum Gasteiger partial charge on any atom is -0.345 e. The van der Waals surface area contributed by atoms with Crippen LogP contribution >= 0.6 is 0 Å². The normalized spacial score (nSPS) is 15.5. The van der Waals surface area contributed by atoms with Crippen molar-refractivity contribution in [2.24, 2.45) is 4.99 Å². The first-order valence-corrected chi connectivity index (χ1v) is 9.52. The number of sulfonamides is 1. The van der Waals surface area contributed by atoms with Crippen molar-refractivity contribution in [2.75, 3.05) is 13.1 Å². The highest BCUT2D eigenvalue weighted by Gasteiger charge is 2.29. The molecule has 1 amide bonds. The number of hydrogen-bond donors (Lipinski definition) is 2. The fourth-order valence-electron chi connectivity index (χ4n) is 2.42. The van der Waals surface area contributed by atoms with Gasteiger partial charge in [-0.05, 0) is 24.3 Å². The molecule has 26 heavy (non-hydrogen) atoms. The van der Waals surface area contributed by atoms with E-state index in [4.69, 9.17) is 0 Å². The van der Waals surface area contributed by atoms with E-state index in [2.05, 4.69) is 26.9 Å². The third kappa shape index (κ3) is 4.29. The number of carbonyl (C=O) groups is 1. The van der Waals surface area contributed by atoms with Crippen LogP contribution in [0, 0.1) is 11.8 Å². The summed E-state index contributed by atoms with van der Waals surface area (Å²) in [6.45, 7) is 0.434. The van der Waals surface area contributed by atoms with Gasteiger partial charge in [-0.3, -0.25) is 14.5 Å². The second-order valence-corrected chi connectivity index (χ2v) is 7.18. The quantitative estimate of drug-likeness (QED) is 0.798. The van der Waals surface area contributed by atoms with Gasteiger partial charge in [-0.15, -0.1) is 0 Å². The minimum atomic E-state index is -3.55. The molecule has 0 spiro atoms. The summed E-state index contributed by atoms with van der Waals surface area (Å²) in [4.78, 5) is 16.2. The van der Waals surface area contributed by atoms with Crippen LogP contribution in [0.25, 0.3) is 0 Å². The molecule has 0 saturated carbocycles. The summed E-state index contributed by atoms with van der Waals surface area (Å²) in [6, 6.07) is 16.1. The van der Waals surface area contributed by atoms with Gasteiger partial charge in [0.05, 0.1) is 18.0 Å². The number of rotatable bonds is 4. The van der Waals surface area contributed by atoms with E-state index in [1.54, 1.807) is 18.2 Å². The van der Waals surface area contributed by atoms with Crippen LogP contribution in [0.1, 0.15) is 17.5 Å². The molecule has 0 saturated heterocycles. The molecule has 7 heteroatoms. The number of benzene rings is 2. The number of nitrogens with one attached hydrogen (secondary N) is 2. The molecule has 132 valence electrons. The Morgan fingerprint density at radius 1 is 1.08 bits per heavy atom. The highest BCUT2D eigenvalue weighted by atomic mass is 32.2. The van der Waals surface area contributed by atoms with Gasteiger partial charge in [0, 0.05) is 17.5 Å². The largest absolute Gasteiger partial charge is 0.345 e. The summed E-state index contributed by atoms with van der Waals surface area (Å²) < 4.78 is 26.3. The Morgan fingerprint density at radius 2 is 1.81 bits per heavy atom. The first-order chi connectivity index (χ1) is 12.6. The summed E-state index contributed by atoms with van der Waals surface area (Å²) in [5.74, 6) is 5.92. The molecule has 0 unspecified atom stereocenters. The first-order valence-electron chi connectivity index (χ1n) is 8.03. The van der Waals surface area contributed by atoms with Crippen LogP contribution in [0.5, 0.6) is 0 Å². The molecule has 1 heterocycles. The van der Waals surface area contributed by atoms with Gasteiger partial charge < -0.3 is 5.32 Å². The standard InChI is InChI=1S/C19H17N3O3S/c23-18(20-13-6-9-15-7-2-1-3-8-15)12-14-21-19-16-10-4-5-11-17(16)26(24,25)22-19/h1-5,7-8,10-11H,12-14H2,(H,20,23)(H,21,22). The van der Waals surface area contributed by atoms with Crippen molar-refractivity contribution in [1.82, 2.24) is 10.0 Å². The zero-order valence-corrected chi connectivity index (χ0v) is 14.7. The van der Waals surface area contributed by atoms with E-state index in [-0.39, 0.29) is 36.1 Å². The monoisotopic (exact) mass is 367 g/mol. The second-order valence-electron chi connectivity index (χ2n) is 5.53. The first kappa shape index (κ1) is 17.7. The zero-order chi connectivity index (χ0) is 18.4. The van der Waals surface area contributed by atoms with Crippen LogP contribution in [0.2, 0.25) is 0 Å². The SMILES string of the molecule is O=C(CCN=C1NS(=O)(=O)c2ccccc21)NCC#Cc1ccccc1. The van der Waals surface area contributed by atoms with Crippen molar-refractivity contribution in [1.29, 1.82) is 0 Å². The minimum absolute atomic E-state index is 0.153. The van der Waals surface area contributed by atoms with Crippen molar-refractivity contribution in [3.63, 3.8) is 0 Å². The van der Waals surface area contributed by atoms with Crippen molar-refractivity contribution in [3.05, 3.63) is 65.7 Å². The molecule has 0 fully saturated rings. The number of nitrogens with zero attached hydrogens (tertiary/aromatic N) is 1. The summed E-state index contributed by atoms with van der Waals surface area (Å²) in [6.07, 6.45) is 0.153. The van der Waals surface area contributed by atoms with Crippen molar-refractivity contribution >= 4 is 21.8 Å². The lowest BCUT2D eigenvalue weighted by atomic mass is 10.2. The number of fused-ring (bicyclic) bond motifs is 1. The summed E-state index contributed by atoms with van der Waals surface area (Å²) >= 11 is 0. The Balaban J connectivity index is 1.50. The smallest absolute Gasteiger partial charge is 0.263 e. The fraction of sp³-hybridized carbons (Fsp3) is 0.158. The summed E-state index contributed by atoms with van der Waals surface area (Å²) in [7, 11) is -3.55. The lowest BCUT2D eigenvalue weighted by Gasteiger charge is -2.01. The lowest BCUT2D eigenvalue weighted by Crippen LogP contribution is -2.25. The average Bonchev–Trinajstić information content (AvgIpc) is 2.91. The molecule has 2 aromatic carbocycles. The van der Waals surface area contributed by atoms with Crippen LogP contribution in [0.4, 0.5) is 0 Å². The van der Waals surface area contributed by atoms with E-state index in [1.807, 2.05) is 30.3 Å². The van der Waals surface area contributed by atoms with Gasteiger partial charge in [-0.1, -0.05) is 42.2 Å². The summed E-state index contributed by atoms with van der Waals surface area (Å²) in [5.41, 5.74) is 1.42. The molecule has 1 aliphatic heterocycles. The van der Waals surface area contributed by atoms with Crippen molar-refractivity contribution in [2.45, 2.75) is 11.3 Å². The number of carbonyl (C=O) groups excluding carboxylic acids is 1. The Kier molecular flexibility index (Phi) is 5.34. The van der Waals surface area contributed by atoms with Crippen LogP contribution in [-0.4, -0.2) is 33.3 Å². The Labute approximate surface area is 152 Å². The fourth-order valence-corrected chi connectivity index (χ4v) is 3.67. The van der Waals surface area contributed by atoms with Crippen LogP contribution < -0.4 is 10.0 Å². The van der Waals surface area contributed by atoms with Crippen molar-refractivity contribution in [3.8, 4) is 11.8 Å². The molecule has 0 bridgehead atoms. The van der Waals surface area contributed by atoms with Gasteiger partial charge in [0.1, 0.15) is 5.84 Å². The van der Waals surface area contributed by atoms with Gasteiger partial charge in [0.25, 0.3) is 10.0 Å². The number of hydrogen-bond acceptors (Lipinski definition) is 4. The number of aliphatic imine (C=N–C) groups is 1. The molecule has 3 rings (SSSR count). The maximum Gasteiger partial charge on any atom is 0.263 e. The van der Waals surface area contributed by atoms with E-state index >= 15 is 0 Å². The van der Waals surface area contributed by atoms with E-state index in [0.29, 0.717) is 5.56 Å². The third-order valence-electron chi connectivity index (χ3n) is 3.65. The maximum atomic E-state index is 12.0. The number of amidine groups is 1. The van der Waals surface area contributed by atoms with E-state index < -0.39 is 10.0 Å². The molecule has 0 aliphatic carbocycles. The van der Waals surface area contributed by atoms with Crippen molar-refractivity contribution < 1.29 is 13.2 Å². The van der Waals surface area contributed by atoms with Crippen LogP contribution in [-0.2, 0) is 14.8 Å². The molecule has 0 aromatic heterocycles. The Hall–Kier alpha value is -3.11. The number of amides is 1. The highest BCUT2D eigenvalue weighted by Crippen LogP contribution is 2.22. The molecular formula is C19H17N3O3S. The van der Waals surface area contributed by atoms with E-state index in [1.165, 1.54) is 6.07 Å². The molecule has 2 N–H and O–H groups in total. The lowest BCUT2D eigenvalue weighted by molar-refractivity contribution is -0.120. The van der Waals surface area contributed by atoms with Gasteiger partial charge in [-0.2, -0.15) is 0 Å². The third-order valence-corrected chi connectivity index (χ3v) is 5.05. The van der Waals surface area contributed by atoms with Gasteiger partial charge in [0.15, 0.2) is 0 Å². The van der Waals surface area contributed by atoms with E-state index in [0.717, 1.165) is 5.56 Å². The Morgan fingerprint density at radius 3 is 2.62 bits per heavy atom. The molecule has 1 aliphatic rings. The molecule has 2 aromatic rings. The predicted molar refractivity (Wildman–Crippen MR) is 99.1 cm³/mol. The van der Waals surface area contributed by atoms with Crippen LogP contribution in [0.15, 0.2) is 64.5 Å². The van der Waals surface area contributed by atoms with Gasteiger partial charge >= 0.3 is 0 Å². The summed E-state index contributed by atoms with van der Waals surface area (Å²) in [5, 5.41) is 2.69. The molecule has 0 atom stereocenters. The average molecular weight is 367 g/mol. The maximum absolute atomic E-state index is 12.0.